The van der Waals surface area contributed by atoms with Gasteiger partial charge < -0.3 is 23.8 Å². The molecule has 1 saturated heterocycles. The van der Waals surface area contributed by atoms with Gasteiger partial charge in [-0.1, -0.05) is 66.7 Å². The topological polar surface area (TPSA) is 57.2 Å². The summed E-state index contributed by atoms with van der Waals surface area (Å²) in [5, 5.41) is 0. The van der Waals surface area contributed by atoms with Crippen LogP contribution in [0.25, 0.3) is 0 Å². The van der Waals surface area contributed by atoms with Crippen LogP contribution in [-0.4, -0.2) is 50.0 Å². The van der Waals surface area contributed by atoms with Gasteiger partial charge in [0.15, 0.2) is 5.60 Å². The fourth-order valence-corrected chi connectivity index (χ4v) is 4.76. The summed E-state index contributed by atoms with van der Waals surface area (Å²) in [5.74, 6) is 1.41. The van der Waals surface area contributed by atoms with Crippen LogP contribution in [0.2, 0.25) is 0 Å². The smallest absolute Gasteiger partial charge is 0.410 e. The number of hydrogen-bond acceptors (Lipinski definition) is 5. The molecular formula is C30H35NO5. The Hall–Kier alpha value is -3.51. The number of likely N-dealkylation sites (tertiary alicyclic amines) is 1. The molecule has 0 aliphatic carbocycles. The quantitative estimate of drug-likeness (QED) is 0.380. The molecule has 1 aliphatic heterocycles. The van der Waals surface area contributed by atoms with Gasteiger partial charge in [-0.15, -0.1) is 0 Å². The van der Waals surface area contributed by atoms with Crippen LogP contribution in [0.15, 0.2) is 78.9 Å². The second kappa shape index (κ2) is 10.6. The van der Waals surface area contributed by atoms with E-state index in [2.05, 4.69) is 12.1 Å². The molecule has 36 heavy (non-hydrogen) atoms. The van der Waals surface area contributed by atoms with E-state index < -0.39 is 11.2 Å². The molecule has 1 amide bonds. The Morgan fingerprint density at radius 3 is 1.86 bits per heavy atom. The van der Waals surface area contributed by atoms with Crippen molar-refractivity contribution in [2.24, 2.45) is 0 Å². The van der Waals surface area contributed by atoms with Crippen molar-refractivity contribution in [3.8, 4) is 11.5 Å². The fourth-order valence-electron chi connectivity index (χ4n) is 4.76. The number of rotatable bonds is 7. The minimum absolute atomic E-state index is 0.243. The van der Waals surface area contributed by atoms with E-state index >= 15 is 0 Å². The molecule has 0 N–H and O–H groups in total. The Bertz CT molecular complexity index is 1120. The third-order valence-electron chi connectivity index (χ3n) is 6.29. The van der Waals surface area contributed by atoms with Crippen molar-refractivity contribution in [3.63, 3.8) is 0 Å². The van der Waals surface area contributed by atoms with Gasteiger partial charge in [0.1, 0.15) is 17.1 Å². The van der Waals surface area contributed by atoms with Crippen LogP contribution in [-0.2, 0) is 15.1 Å². The maximum absolute atomic E-state index is 12.8. The van der Waals surface area contributed by atoms with Crippen LogP contribution < -0.4 is 9.47 Å². The summed E-state index contributed by atoms with van der Waals surface area (Å²) < 4.78 is 24.4. The van der Waals surface area contributed by atoms with Gasteiger partial charge in [0.25, 0.3) is 0 Å². The Balaban J connectivity index is 1.85. The Labute approximate surface area is 213 Å². The number of benzene rings is 3. The van der Waals surface area contributed by atoms with Gasteiger partial charge in [0.05, 0.1) is 26.9 Å². The lowest BCUT2D eigenvalue weighted by Crippen LogP contribution is -2.40. The van der Waals surface area contributed by atoms with E-state index in [0.717, 1.165) is 16.7 Å². The number of amides is 1. The minimum Gasteiger partial charge on any atom is -0.496 e. The molecule has 0 saturated carbocycles. The molecule has 0 radical (unpaired) electrons. The monoisotopic (exact) mass is 489 g/mol. The summed E-state index contributed by atoms with van der Waals surface area (Å²) in [4.78, 5) is 14.5. The lowest BCUT2D eigenvalue weighted by Gasteiger charge is -2.39. The Morgan fingerprint density at radius 2 is 1.33 bits per heavy atom. The van der Waals surface area contributed by atoms with E-state index in [1.54, 1.807) is 19.1 Å². The van der Waals surface area contributed by atoms with Crippen molar-refractivity contribution in [1.82, 2.24) is 4.90 Å². The maximum atomic E-state index is 12.8. The van der Waals surface area contributed by atoms with E-state index in [9.17, 15) is 4.79 Å². The summed E-state index contributed by atoms with van der Waals surface area (Å²) in [6.07, 6.45) is 0.110. The maximum Gasteiger partial charge on any atom is 0.410 e. The van der Waals surface area contributed by atoms with Crippen molar-refractivity contribution in [3.05, 3.63) is 95.6 Å². The van der Waals surface area contributed by atoms with Gasteiger partial charge in [0.2, 0.25) is 0 Å². The van der Waals surface area contributed by atoms with Crippen molar-refractivity contribution < 1.29 is 23.7 Å². The number of hydrogen-bond donors (Lipinski definition) is 0. The summed E-state index contributed by atoms with van der Waals surface area (Å²) in [6, 6.07) is 25.9. The highest BCUT2D eigenvalue weighted by molar-refractivity contribution is 5.68. The third-order valence-corrected chi connectivity index (χ3v) is 6.29. The molecule has 6 heteroatoms. The van der Waals surface area contributed by atoms with Crippen molar-refractivity contribution in [2.75, 3.05) is 27.3 Å². The van der Waals surface area contributed by atoms with Gasteiger partial charge in [-0.3, -0.25) is 0 Å². The lowest BCUT2D eigenvalue weighted by atomic mass is 9.78. The van der Waals surface area contributed by atoms with Crippen LogP contribution in [0, 0.1) is 0 Å². The van der Waals surface area contributed by atoms with Crippen LogP contribution in [0.1, 0.15) is 43.9 Å². The van der Waals surface area contributed by atoms with E-state index in [4.69, 9.17) is 18.9 Å². The van der Waals surface area contributed by atoms with Crippen molar-refractivity contribution >= 4 is 6.09 Å². The average molecular weight is 490 g/mol. The van der Waals surface area contributed by atoms with E-state index in [1.165, 1.54) is 0 Å². The number of nitrogens with zero attached hydrogens (tertiary/aromatic N) is 1. The third kappa shape index (κ3) is 5.19. The molecule has 4 rings (SSSR count). The molecule has 1 aliphatic rings. The summed E-state index contributed by atoms with van der Waals surface area (Å²) >= 11 is 0. The second-order valence-electron chi connectivity index (χ2n) is 9.90. The van der Waals surface area contributed by atoms with Crippen LogP contribution in [0.4, 0.5) is 4.79 Å². The number of ether oxygens (including phenoxy) is 4. The van der Waals surface area contributed by atoms with Crippen molar-refractivity contribution in [1.29, 1.82) is 0 Å². The van der Waals surface area contributed by atoms with E-state index in [1.807, 2.05) is 87.5 Å². The molecule has 1 atom stereocenters. The van der Waals surface area contributed by atoms with Crippen LogP contribution >= 0.6 is 0 Å². The molecule has 1 heterocycles. The zero-order chi connectivity index (χ0) is 25.8. The molecule has 3 aromatic rings. The minimum atomic E-state index is -1.05. The first-order chi connectivity index (χ1) is 17.3. The van der Waals surface area contributed by atoms with E-state index in [-0.39, 0.29) is 12.2 Å². The van der Waals surface area contributed by atoms with Crippen molar-refractivity contribution in [2.45, 2.75) is 44.5 Å². The zero-order valence-corrected chi connectivity index (χ0v) is 21.7. The van der Waals surface area contributed by atoms with Crippen LogP contribution in [0.3, 0.4) is 0 Å². The number of carbonyl (C=O) groups is 1. The molecule has 0 spiro atoms. The van der Waals surface area contributed by atoms with Gasteiger partial charge in [0, 0.05) is 17.7 Å². The molecule has 0 bridgehead atoms. The average Bonchev–Trinajstić information content (AvgIpc) is 3.35. The number of carbonyl (C=O) groups excluding carboxylic acids is 1. The molecule has 1 fully saturated rings. The predicted molar refractivity (Wildman–Crippen MR) is 140 cm³/mol. The SMILES string of the molecule is COc1ccccc1C(OC1CCN(C(=O)OC(C)(C)C)C1)(c1ccccc1)c1ccccc1OC. The van der Waals surface area contributed by atoms with E-state index in [0.29, 0.717) is 31.0 Å². The van der Waals surface area contributed by atoms with Crippen LogP contribution in [0.5, 0.6) is 11.5 Å². The largest absolute Gasteiger partial charge is 0.496 e. The molecular weight excluding hydrogens is 454 g/mol. The van der Waals surface area contributed by atoms with Gasteiger partial charge >= 0.3 is 6.09 Å². The standard InChI is InChI=1S/C30H35NO5/c1-29(2,3)36-28(32)31-20-19-23(21-31)35-30(22-13-7-6-8-14-22,24-15-9-11-17-26(24)33-4)25-16-10-12-18-27(25)34-5/h6-18,23H,19-21H2,1-5H3. The summed E-state index contributed by atoms with van der Waals surface area (Å²) in [5.41, 5.74) is 1.06. The lowest BCUT2D eigenvalue weighted by molar-refractivity contribution is -0.0450. The predicted octanol–water partition coefficient (Wildman–Crippen LogP) is 6.02. The van der Waals surface area contributed by atoms with Gasteiger partial charge in [-0.25, -0.2) is 4.79 Å². The Morgan fingerprint density at radius 1 is 0.806 bits per heavy atom. The normalized spacial score (nSPS) is 16.0. The highest BCUT2D eigenvalue weighted by Gasteiger charge is 2.45. The molecule has 0 aromatic heterocycles. The van der Waals surface area contributed by atoms with Gasteiger partial charge in [-0.05, 0) is 44.9 Å². The highest BCUT2D eigenvalue weighted by Crippen LogP contribution is 2.48. The number of methoxy groups -OCH3 is 2. The fraction of sp³-hybridized carbons (Fsp3) is 0.367. The van der Waals surface area contributed by atoms with Gasteiger partial charge in [-0.2, -0.15) is 0 Å². The first-order valence-corrected chi connectivity index (χ1v) is 12.3. The molecule has 6 nitrogen and oxygen atoms in total. The molecule has 1 unspecified atom stereocenters. The number of para-hydroxylation sites is 2. The summed E-state index contributed by atoms with van der Waals surface area (Å²) in [6.45, 7) is 6.60. The summed E-state index contributed by atoms with van der Waals surface area (Å²) in [7, 11) is 3.33. The first kappa shape index (κ1) is 25.6. The molecule has 190 valence electrons. The highest BCUT2D eigenvalue weighted by atomic mass is 16.6. The Kier molecular flexibility index (Phi) is 7.55. The zero-order valence-electron chi connectivity index (χ0n) is 21.7. The second-order valence-corrected chi connectivity index (χ2v) is 9.90. The molecule has 3 aromatic carbocycles. The first-order valence-electron chi connectivity index (χ1n) is 12.3.